The Morgan fingerprint density at radius 1 is 1.42 bits per heavy atom. The molecule has 2 aliphatic rings. The molecule has 0 saturated carbocycles. The number of hydrogen-bond donors (Lipinski definition) is 2. The summed E-state index contributed by atoms with van der Waals surface area (Å²) in [5, 5.41) is 6.28. The third-order valence-electron chi connectivity index (χ3n) is 3.13. The van der Waals surface area contributed by atoms with Crippen LogP contribution in [0.5, 0.6) is 0 Å². The zero-order valence-corrected chi connectivity index (χ0v) is 7.57. The van der Waals surface area contributed by atoms with E-state index in [4.69, 9.17) is 0 Å². The van der Waals surface area contributed by atoms with Gasteiger partial charge in [0.1, 0.15) is 0 Å². The first kappa shape index (κ1) is 8.45. The molecule has 2 saturated heterocycles. The van der Waals surface area contributed by atoms with Gasteiger partial charge in [0.25, 0.3) is 0 Å². The van der Waals surface area contributed by atoms with Crippen molar-refractivity contribution in [2.75, 3.05) is 19.6 Å². The molecule has 0 aromatic heterocycles. The van der Waals surface area contributed by atoms with Gasteiger partial charge in [0.15, 0.2) is 5.67 Å². The van der Waals surface area contributed by atoms with Crippen LogP contribution in [0.15, 0.2) is 0 Å². The van der Waals surface area contributed by atoms with Crippen molar-refractivity contribution in [3.8, 4) is 0 Å². The van der Waals surface area contributed by atoms with E-state index in [-0.39, 0.29) is 6.04 Å². The highest BCUT2D eigenvalue weighted by molar-refractivity contribution is 5.04. The Kier molecular flexibility index (Phi) is 2.09. The van der Waals surface area contributed by atoms with E-state index in [1.54, 1.807) is 0 Å². The molecule has 2 aliphatic heterocycles. The normalized spacial score (nSPS) is 40.5. The Bertz CT molecular complexity index is 168. The van der Waals surface area contributed by atoms with Crippen molar-refractivity contribution in [3.63, 3.8) is 0 Å². The van der Waals surface area contributed by atoms with Gasteiger partial charge in [-0.1, -0.05) is 6.92 Å². The van der Waals surface area contributed by atoms with Gasteiger partial charge < -0.3 is 10.6 Å². The van der Waals surface area contributed by atoms with Crippen molar-refractivity contribution in [1.29, 1.82) is 0 Å². The first-order valence-electron chi connectivity index (χ1n) is 4.84. The van der Waals surface area contributed by atoms with Crippen molar-refractivity contribution < 1.29 is 4.39 Å². The monoisotopic (exact) mass is 172 g/mol. The van der Waals surface area contributed by atoms with Crippen LogP contribution in [-0.4, -0.2) is 31.3 Å². The maximum absolute atomic E-state index is 13.8. The van der Waals surface area contributed by atoms with E-state index in [2.05, 4.69) is 17.6 Å². The van der Waals surface area contributed by atoms with Crippen molar-refractivity contribution >= 4 is 0 Å². The van der Waals surface area contributed by atoms with E-state index in [0.717, 1.165) is 13.0 Å². The highest BCUT2D eigenvalue weighted by atomic mass is 19.1. The smallest absolute Gasteiger partial charge is 0.150 e. The number of rotatable bonds is 1. The maximum atomic E-state index is 13.8. The summed E-state index contributed by atoms with van der Waals surface area (Å²) in [6.45, 7) is 4.27. The minimum atomic E-state index is -0.950. The average Bonchev–Trinajstić information content (AvgIpc) is 2.00. The zero-order valence-electron chi connectivity index (χ0n) is 7.57. The van der Waals surface area contributed by atoms with E-state index in [9.17, 15) is 4.39 Å². The second kappa shape index (κ2) is 2.96. The van der Waals surface area contributed by atoms with Gasteiger partial charge in [0.05, 0.1) is 0 Å². The van der Waals surface area contributed by atoms with Gasteiger partial charge >= 0.3 is 0 Å². The third kappa shape index (κ3) is 1.36. The van der Waals surface area contributed by atoms with Gasteiger partial charge in [-0.3, -0.25) is 0 Å². The molecule has 2 atom stereocenters. The van der Waals surface area contributed by atoms with Crippen LogP contribution >= 0.6 is 0 Å². The number of halogens is 1. The van der Waals surface area contributed by atoms with Gasteiger partial charge in [0, 0.05) is 19.1 Å². The summed E-state index contributed by atoms with van der Waals surface area (Å²) >= 11 is 0. The molecular weight excluding hydrogens is 155 g/mol. The fourth-order valence-electron chi connectivity index (χ4n) is 2.11. The minimum Gasteiger partial charge on any atom is -0.311 e. The second-order valence-electron chi connectivity index (χ2n) is 4.27. The molecule has 2 unspecified atom stereocenters. The Hall–Kier alpha value is -0.150. The summed E-state index contributed by atoms with van der Waals surface area (Å²) in [5.41, 5.74) is -0.950. The molecule has 0 amide bonds. The van der Waals surface area contributed by atoms with Crippen LogP contribution < -0.4 is 10.6 Å². The van der Waals surface area contributed by atoms with Crippen LogP contribution in [0.25, 0.3) is 0 Å². The predicted octanol–water partition coefficient (Wildman–Crippen LogP) is 0.686. The van der Waals surface area contributed by atoms with Crippen LogP contribution in [0, 0.1) is 5.92 Å². The predicted molar refractivity (Wildman–Crippen MR) is 46.9 cm³/mol. The Morgan fingerprint density at radius 2 is 2.17 bits per heavy atom. The third-order valence-corrected chi connectivity index (χ3v) is 3.13. The standard InChI is InChI=1S/C9H17FN2/c1-7-2-3-12-8(4-7)9(10)5-11-6-9/h7-8,11-12H,2-6H2,1H3. The molecule has 3 heteroatoms. The summed E-state index contributed by atoms with van der Waals surface area (Å²) in [6.07, 6.45) is 2.19. The lowest BCUT2D eigenvalue weighted by Crippen LogP contribution is -2.67. The number of nitrogens with one attached hydrogen (secondary N) is 2. The summed E-state index contributed by atoms with van der Waals surface area (Å²) in [4.78, 5) is 0. The van der Waals surface area contributed by atoms with Crippen molar-refractivity contribution in [1.82, 2.24) is 10.6 Å². The quantitative estimate of drug-likeness (QED) is 0.608. The van der Waals surface area contributed by atoms with Gasteiger partial charge in [-0.25, -0.2) is 4.39 Å². The molecular formula is C9H17FN2. The molecule has 0 aliphatic carbocycles. The van der Waals surface area contributed by atoms with Crippen LogP contribution in [-0.2, 0) is 0 Å². The topological polar surface area (TPSA) is 24.1 Å². The Labute approximate surface area is 72.9 Å². The van der Waals surface area contributed by atoms with Crippen molar-refractivity contribution in [2.45, 2.75) is 31.5 Å². The van der Waals surface area contributed by atoms with E-state index < -0.39 is 5.67 Å². The average molecular weight is 172 g/mol. The van der Waals surface area contributed by atoms with Gasteiger partial charge in [0.2, 0.25) is 0 Å². The minimum absolute atomic E-state index is 0.0995. The van der Waals surface area contributed by atoms with Gasteiger partial charge in [-0.2, -0.15) is 0 Å². The molecule has 2 nitrogen and oxygen atoms in total. The highest BCUT2D eigenvalue weighted by Crippen LogP contribution is 2.29. The zero-order chi connectivity index (χ0) is 8.60. The molecule has 0 radical (unpaired) electrons. The van der Waals surface area contributed by atoms with Crippen LogP contribution in [0.1, 0.15) is 19.8 Å². The van der Waals surface area contributed by atoms with Crippen molar-refractivity contribution in [2.24, 2.45) is 5.92 Å². The molecule has 2 N–H and O–H groups in total. The molecule has 2 fully saturated rings. The summed E-state index contributed by atoms with van der Waals surface area (Å²) < 4.78 is 13.8. The van der Waals surface area contributed by atoms with Crippen LogP contribution in [0.3, 0.4) is 0 Å². The van der Waals surface area contributed by atoms with E-state index in [1.165, 1.54) is 6.42 Å². The molecule has 12 heavy (non-hydrogen) atoms. The highest BCUT2D eigenvalue weighted by Gasteiger charge is 2.45. The second-order valence-corrected chi connectivity index (χ2v) is 4.27. The first-order valence-corrected chi connectivity index (χ1v) is 4.84. The lowest BCUT2D eigenvalue weighted by Gasteiger charge is -2.44. The maximum Gasteiger partial charge on any atom is 0.150 e. The molecule has 2 rings (SSSR count). The van der Waals surface area contributed by atoms with Gasteiger partial charge in [-0.15, -0.1) is 0 Å². The largest absolute Gasteiger partial charge is 0.311 e. The molecule has 0 bridgehead atoms. The molecule has 0 spiro atoms. The summed E-state index contributed by atoms with van der Waals surface area (Å²) in [5.74, 6) is 0.685. The van der Waals surface area contributed by atoms with Crippen molar-refractivity contribution in [3.05, 3.63) is 0 Å². The summed E-state index contributed by atoms with van der Waals surface area (Å²) in [6, 6.07) is 0.0995. The van der Waals surface area contributed by atoms with E-state index in [1.807, 2.05) is 0 Å². The number of piperidine rings is 1. The van der Waals surface area contributed by atoms with Crippen LogP contribution in [0.2, 0.25) is 0 Å². The SMILES string of the molecule is CC1CCNC(C2(F)CNC2)C1. The summed E-state index contributed by atoms with van der Waals surface area (Å²) in [7, 11) is 0. The fraction of sp³-hybridized carbons (Fsp3) is 1.00. The lowest BCUT2D eigenvalue weighted by molar-refractivity contribution is 0.0260. The molecule has 2 heterocycles. The van der Waals surface area contributed by atoms with E-state index >= 15 is 0 Å². The first-order chi connectivity index (χ1) is 5.71. The fourth-order valence-corrected chi connectivity index (χ4v) is 2.11. The van der Waals surface area contributed by atoms with Gasteiger partial charge in [-0.05, 0) is 25.3 Å². The van der Waals surface area contributed by atoms with Crippen LogP contribution in [0.4, 0.5) is 4.39 Å². The molecule has 0 aromatic carbocycles. The molecule has 0 aromatic rings. The number of hydrogen-bond acceptors (Lipinski definition) is 2. The number of alkyl halides is 1. The van der Waals surface area contributed by atoms with E-state index in [0.29, 0.717) is 19.0 Å². The lowest BCUT2D eigenvalue weighted by atomic mass is 9.81. The molecule has 70 valence electrons. The Morgan fingerprint density at radius 3 is 2.67 bits per heavy atom. The Balaban J connectivity index is 1.94.